The maximum absolute atomic E-state index is 13.3. The molecule has 0 saturated carbocycles. The second kappa shape index (κ2) is 6.18. The average Bonchev–Trinajstić information content (AvgIpc) is 3.26. The lowest BCUT2D eigenvalue weighted by atomic mass is 9.81. The molecule has 0 spiro atoms. The number of aromatic nitrogens is 3. The Hall–Kier alpha value is -3.64. The first kappa shape index (κ1) is 17.2. The minimum Gasteiger partial charge on any atom is -0.285 e. The molecule has 0 amide bonds. The van der Waals surface area contributed by atoms with Gasteiger partial charge in [0.15, 0.2) is 0 Å². The summed E-state index contributed by atoms with van der Waals surface area (Å²) >= 11 is 3.47. The van der Waals surface area contributed by atoms with E-state index in [2.05, 4.69) is 26.1 Å². The number of carbonyl (C=O) groups excluding carboxylic acids is 2. The van der Waals surface area contributed by atoms with E-state index < -0.39 is 11.6 Å². The molecular weight excluding hydrogens is 442 g/mol. The molecular formula is C24H12BrN3O2. The molecule has 0 bridgehead atoms. The van der Waals surface area contributed by atoms with Crippen LogP contribution < -0.4 is 0 Å². The Bertz CT molecular complexity index is 1530. The van der Waals surface area contributed by atoms with Crippen LogP contribution in [0.2, 0.25) is 0 Å². The molecule has 2 heterocycles. The second-order valence-electron chi connectivity index (χ2n) is 7.21. The summed E-state index contributed by atoms with van der Waals surface area (Å²) in [7, 11) is 0. The smallest absolute Gasteiger partial charge is 0.236 e. The zero-order valence-electron chi connectivity index (χ0n) is 15.4. The Balaban J connectivity index is 1.86. The molecule has 6 rings (SSSR count). The lowest BCUT2D eigenvalue weighted by Crippen LogP contribution is -2.23. The maximum Gasteiger partial charge on any atom is 0.236 e. The molecule has 0 radical (unpaired) electrons. The molecule has 0 saturated heterocycles. The number of Topliss-reactive ketones (excluding diaryl/α,β-unsaturated/α-hetero) is 2. The number of rotatable bonds is 1. The molecule has 5 aromatic rings. The highest BCUT2D eigenvalue weighted by Gasteiger charge is 2.35. The number of fused-ring (bicyclic) bond motifs is 6. The number of nitrogens with zero attached hydrogens (tertiary/aromatic N) is 2. The first-order valence-electron chi connectivity index (χ1n) is 9.37. The van der Waals surface area contributed by atoms with Crippen LogP contribution in [0, 0.1) is 0 Å². The average molecular weight is 454 g/mol. The van der Waals surface area contributed by atoms with E-state index in [-0.39, 0.29) is 0 Å². The molecule has 0 unspecified atom stereocenters. The third-order valence-electron chi connectivity index (χ3n) is 5.56. The van der Waals surface area contributed by atoms with Gasteiger partial charge in [-0.2, -0.15) is 5.10 Å². The minimum atomic E-state index is -0.531. The Morgan fingerprint density at radius 3 is 2.37 bits per heavy atom. The van der Waals surface area contributed by atoms with E-state index in [0.717, 1.165) is 31.8 Å². The molecule has 1 aliphatic rings. The summed E-state index contributed by atoms with van der Waals surface area (Å²) in [5.41, 5.74) is 5.12. The molecule has 5 nitrogen and oxygen atoms in total. The van der Waals surface area contributed by atoms with Gasteiger partial charge in [-0.25, -0.2) is 4.98 Å². The minimum absolute atomic E-state index is 0.349. The molecule has 142 valence electrons. The van der Waals surface area contributed by atoms with Gasteiger partial charge in [-0.05, 0) is 29.8 Å². The predicted molar refractivity (Wildman–Crippen MR) is 119 cm³/mol. The number of hydrogen-bond acceptors (Lipinski definition) is 4. The van der Waals surface area contributed by atoms with Crippen LogP contribution in [0.4, 0.5) is 0 Å². The van der Waals surface area contributed by atoms with Crippen molar-refractivity contribution in [1.82, 2.24) is 15.2 Å². The number of hydrogen-bond donors (Lipinski definition) is 1. The van der Waals surface area contributed by atoms with E-state index in [1.165, 1.54) is 0 Å². The van der Waals surface area contributed by atoms with Crippen LogP contribution in [0.15, 0.2) is 71.3 Å². The van der Waals surface area contributed by atoms with Gasteiger partial charge in [-0.3, -0.25) is 14.7 Å². The first-order valence-corrected chi connectivity index (χ1v) is 10.2. The van der Waals surface area contributed by atoms with Crippen molar-refractivity contribution in [2.75, 3.05) is 0 Å². The topological polar surface area (TPSA) is 75.7 Å². The third kappa shape index (κ3) is 2.28. The van der Waals surface area contributed by atoms with Crippen LogP contribution in [0.25, 0.3) is 44.2 Å². The highest BCUT2D eigenvalue weighted by Crippen LogP contribution is 2.43. The van der Waals surface area contributed by atoms with Crippen LogP contribution in [0.3, 0.4) is 0 Å². The normalized spacial score (nSPS) is 13.0. The fourth-order valence-electron chi connectivity index (χ4n) is 4.23. The van der Waals surface area contributed by atoms with Crippen molar-refractivity contribution >= 4 is 49.3 Å². The Morgan fingerprint density at radius 2 is 1.57 bits per heavy atom. The van der Waals surface area contributed by atoms with Crippen LogP contribution in [-0.2, 0) is 0 Å². The molecule has 0 fully saturated rings. The van der Waals surface area contributed by atoms with Crippen molar-refractivity contribution < 1.29 is 9.59 Å². The molecule has 1 N–H and O–H groups in total. The largest absolute Gasteiger partial charge is 0.285 e. The van der Waals surface area contributed by atoms with E-state index in [1.54, 1.807) is 18.3 Å². The quantitative estimate of drug-likeness (QED) is 0.335. The van der Waals surface area contributed by atoms with Gasteiger partial charge in [0.2, 0.25) is 11.6 Å². The van der Waals surface area contributed by atoms with Crippen LogP contribution in [0.5, 0.6) is 0 Å². The first-order chi connectivity index (χ1) is 14.6. The standard InChI is InChI=1S/C24H12BrN3O2/c25-13-7-5-12(6-8-13)19-20-16-11-26-28-17(16)9-10-18(20)27-22-14-3-1-2-4-15(14)23(29)24(30)21(19)22/h1-11H,(H,26,28). The zero-order valence-corrected chi connectivity index (χ0v) is 17.0. The maximum atomic E-state index is 13.3. The Morgan fingerprint density at radius 1 is 0.800 bits per heavy atom. The van der Waals surface area contributed by atoms with Crippen molar-refractivity contribution in [2.45, 2.75) is 0 Å². The molecule has 30 heavy (non-hydrogen) atoms. The van der Waals surface area contributed by atoms with Gasteiger partial charge in [-0.1, -0.05) is 52.3 Å². The van der Waals surface area contributed by atoms with Crippen molar-refractivity contribution in [2.24, 2.45) is 0 Å². The van der Waals surface area contributed by atoms with Gasteiger partial charge < -0.3 is 0 Å². The lowest BCUT2D eigenvalue weighted by molar-refractivity contribution is 0.0815. The number of benzene rings is 3. The SMILES string of the molecule is O=C1C(=O)c2c(nc3ccc4[nH]ncc4c3c2-c2ccc(Br)cc2)-c2ccccc21. The fourth-order valence-corrected chi connectivity index (χ4v) is 4.49. The van der Waals surface area contributed by atoms with E-state index in [9.17, 15) is 9.59 Å². The summed E-state index contributed by atoms with van der Waals surface area (Å²) in [5.74, 6) is -1.03. The molecule has 2 aromatic heterocycles. The van der Waals surface area contributed by atoms with Gasteiger partial charge in [0.05, 0.1) is 28.5 Å². The summed E-state index contributed by atoms with van der Waals surface area (Å²) in [6.07, 6.45) is 1.73. The van der Waals surface area contributed by atoms with Crippen LogP contribution in [-0.4, -0.2) is 26.7 Å². The lowest BCUT2D eigenvalue weighted by Gasteiger charge is -2.22. The van der Waals surface area contributed by atoms with Crippen LogP contribution >= 0.6 is 15.9 Å². The highest BCUT2D eigenvalue weighted by molar-refractivity contribution is 9.10. The summed E-state index contributed by atoms with van der Waals surface area (Å²) in [6.45, 7) is 0. The van der Waals surface area contributed by atoms with E-state index in [1.807, 2.05) is 48.5 Å². The number of ketones is 2. The number of pyridine rings is 1. The van der Waals surface area contributed by atoms with Gasteiger partial charge >= 0.3 is 0 Å². The monoisotopic (exact) mass is 453 g/mol. The summed E-state index contributed by atoms with van der Waals surface area (Å²) in [6, 6.07) is 18.7. The number of carbonyl (C=O) groups is 2. The van der Waals surface area contributed by atoms with E-state index in [0.29, 0.717) is 27.9 Å². The van der Waals surface area contributed by atoms with E-state index in [4.69, 9.17) is 4.98 Å². The zero-order chi connectivity index (χ0) is 20.4. The predicted octanol–water partition coefficient (Wildman–Crippen LogP) is 5.59. The van der Waals surface area contributed by atoms with Crippen molar-refractivity contribution in [3.8, 4) is 22.4 Å². The Kier molecular flexibility index (Phi) is 3.55. The summed E-state index contributed by atoms with van der Waals surface area (Å²) < 4.78 is 0.930. The Labute approximate surface area is 178 Å². The number of aromatic amines is 1. The van der Waals surface area contributed by atoms with Gasteiger partial charge in [-0.15, -0.1) is 0 Å². The number of H-pyrrole nitrogens is 1. The molecule has 1 aliphatic carbocycles. The van der Waals surface area contributed by atoms with Crippen LogP contribution in [0.1, 0.15) is 20.7 Å². The summed E-state index contributed by atoms with van der Waals surface area (Å²) in [4.78, 5) is 31.2. The van der Waals surface area contributed by atoms with E-state index >= 15 is 0 Å². The number of nitrogens with one attached hydrogen (secondary N) is 1. The number of halogens is 1. The van der Waals surface area contributed by atoms with Gasteiger partial charge in [0, 0.05) is 31.9 Å². The van der Waals surface area contributed by atoms with Crippen molar-refractivity contribution in [1.29, 1.82) is 0 Å². The molecule has 0 aliphatic heterocycles. The fraction of sp³-hybridized carbons (Fsp3) is 0. The second-order valence-corrected chi connectivity index (χ2v) is 8.13. The highest BCUT2D eigenvalue weighted by atomic mass is 79.9. The molecule has 6 heteroatoms. The van der Waals surface area contributed by atoms with Gasteiger partial charge in [0.25, 0.3) is 0 Å². The summed E-state index contributed by atoms with van der Waals surface area (Å²) in [5, 5.41) is 8.82. The van der Waals surface area contributed by atoms with Crippen molar-refractivity contribution in [3.05, 3.63) is 82.5 Å². The third-order valence-corrected chi connectivity index (χ3v) is 6.09. The van der Waals surface area contributed by atoms with Crippen molar-refractivity contribution in [3.63, 3.8) is 0 Å². The van der Waals surface area contributed by atoms with Gasteiger partial charge in [0.1, 0.15) is 0 Å². The molecule has 3 aromatic carbocycles. The molecule has 0 atom stereocenters.